The molecule has 2 heterocycles. The summed E-state index contributed by atoms with van der Waals surface area (Å²) in [7, 11) is 0. The van der Waals surface area contributed by atoms with E-state index < -0.39 is 0 Å². The van der Waals surface area contributed by atoms with Gasteiger partial charge in [0.2, 0.25) is 5.91 Å². The van der Waals surface area contributed by atoms with Crippen molar-refractivity contribution in [3.63, 3.8) is 0 Å². The first-order chi connectivity index (χ1) is 13.5. The molecule has 0 bridgehead atoms. The maximum Gasteiger partial charge on any atom is 0.238 e. The molecule has 1 aromatic carbocycles. The van der Waals surface area contributed by atoms with Gasteiger partial charge in [0, 0.05) is 17.9 Å². The molecule has 0 unspecified atom stereocenters. The molecule has 5 heteroatoms. The molecular weight excluding hydrogens is 348 g/mol. The minimum absolute atomic E-state index is 0.0818. The molecule has 1 aliphatic rings. The Hall–Kier alpha value is -2.14. The molecule has 0 saturated carbocycles. The Morgan fingerprint density at radius 1 is 1.18 bits per heavy atom. The number of nitrogens with one attached hydrogen (secondary N) is 1. The second-order valence-corrected chi connectivity index (χ2v) is 8.18. The van der Waals surface area contributed by atoms with Crippen LogP contribution in [0, 0.1) is 19.8 Å². The lowest BCUT2D eigenvalue weighted by Gasteiger charge is -2.31. The molecule has 1 saturated heterocycles. The van der Waals surface area contributed by atoms with Crippen molar-refractivity contribution < 1.29 is 4.79 Å². The Morgan fingerprint density at radius 3 is 2.50 bits per heavy atom. The van der Waals surface area contributed by atoms with E-state index in [4.69, 9.17) is 0 Å². The van der Waals surface area contributed by atoms with E-state index in [0.29, 0.717) is 12.5 Å². The van der Waals surface area contributed by atoms with Gasteiger partial charge >= 0.3 is 0 Å². The van der Waals surface area contributed by atoms with Gasteiger partial charge in [-0.15, -0.1) is 0 Å². The molecule has 0 atom stereocenters. The topological polar surface area (TPSA) is 50.2 Å². The third-order valence-corrected chi connectivity index (χ3v) is 5.67. The third kappa shape index (κ3) is 5.93. The van der Waals surface area contributed by atoms with E-state index >= 15 is 0 Å². The fourth-order valence-corrected chi connectivity index (χ4v) is 3.97. The summed E-state index contributed by atoms with van der Waals surface area (Å²) in [6.45, 7) is 9.80. The Balaban J connectivity index is 1.40. The SMILES string of the molecule is CCCCc1ccc(NC(=O)CN2CCC(Cn3nc(C)cc3C)CC2)cc1. The van der Waals surface area contributed by atoms with Gasteiger partial charge in [-0.2, -0.15) is 5.10 Å². The highest BCUT2D eigenvalue weighted by molar-refractivity contribution is 5.92. The van der Waals surface area contributed by atoms with E-state index in [2.05, 4.69) is 52.0 Å². The number of likely N-dealkylation sites (tertiary alicyclic amines) is 1. The van der Waals surface area contributed by atoms with Gasteiger partial charge in [0.1, 0.15) is 0 Å². The average molecular weight is 383 g/mol. The molecule has 1 aliphatic heterocycles. The number of carbonyl (C=O) groups excluding carboxylic acids is 1. The van der Waals surface area contributed by atoms with Gasteiger partial charge in [-0.05, 0) is 82.3 Å². The maximum atomic E-state index is 12.4. The van der Waals surface area contributed by atoms with Gasteiger partial charge in [-0.25, -0.2) is 0 Å². The second kappa shape index (κ2) is 9.87. The van der Waals surface area contributed by atoms with Crippen LogP contribution in [0.4, 0.5) is 5.69 Å². The number of hydrogen-bond donors (Lipinski definition) is 1. The molecule has 152 valence electrons. The highest BCUT2D eigenvalue weighted by Gasteiger charge is 2.22. The van der Waals surface area contributed by atoms with Crippen molar-refractivity contribution in [1.82, 2.24) is 14.7 Å². The highest BCUT2D eigenvalue weighted by Crippen LogP contribution is 2.20. The summed E-state index contributed by atoms with van der Waals surface area (Å²) in [5, 5.41) is 7.62. The Bertz CT molecular complexity index is 757. The first-order valence-electron chi connectivity index (χ1n) is 10.7. The summed E-state index contributed by atoms with van der Waals surface area (Å²) in [5.41, 5.74) is 4.55. The number of rotatable bonds is 8. The molecule has 1 amide bonds. The van der Waals surface area contributed by atoms with E-state index in [1.807, 2.05) is 19.1 Å². The van der Waals surface area contributed by atoms with E-state index in [1.165, 1.54) is 24.1 Å². The smallest absolute Gasteiger partial charge is 0.238 e. The highest BCUT2D eigenvalue weighted by atomic mass is 16.2. The summed E-state index contributed by atoms with van der Waals surface area (Å²) in [6, 6.07) is 10.4. The van der Waals surface area contributed by atoms with Crippen LogP contribution in [0.3, 0.4) is 0 Å². The minimum Gasteiger partial charge on any atom is -0.325 e. The number of aromatic nitrogens is 2. The van der Waals surface area contributed by atoms with E-state index in [1.54, 1.807) is 0 Å². The predicted octanol–water partition coefficient (Wildman–Crippen LogP) is 4.19. The van der Waals surface area contributed by atoms with Gasteiger partial charge in [0.15, 0.2) is 0 Å². The van der Waals surface area contributed by atoms with Crippen molar-refractivity contribution in [3.8, 4) is 0 Å². The predicted molar refractivity (Wildman–Crippen MR) is 115 cm³/mol. The van der Waals surface area contributed by atoms with Crippen LogP contribution in [0.25, 0.3) is 0 Å². The quantitative estimate of drug-likeness (QED) is 0.745. The third-order valence-electron chi connectivity index (χ3n) is 5.67. The molecular formula is C23H34N4O. The number of anilines is 1. The number of amides is 1. The lowest BCUT2D eigenvalue weighted by molar-refractivity contribution is -0.117. The molecule has 0 aliphatic carbocycles. The lowest BCUT2D eigenvalue weighted by Crippen LogP contribution is -2.40. The molecule has 28 heavy (non-hydrogen) atoms. The summed E-state index contributed by atoms with van der Waals surface area (Å²) in [6.07, 6.45) is 5.77. The van der Waals surface area contributed by atoms with Crippen LogP contribution in [0.15, 0.2) is 30.3 Å². The van der Waals surface area contributed by atoms with Gasteiger partial charge in [-0.3, -0.25) is 14.4 Å². The number of carbonyl (C=O) groups is 1. The first-order valence-corrected chi connectivity index (χ1v) is 10.7. The van der Waals surface area contributed by atoms with Crippen LogP contribution in [0.2, 0.25) is 0 Å². The number of aryl methyl sites for hydroxylation is 3. The molecule has 5 nitrogen and oxygen atoms in total. The van der Waals surface area contributed by atoms with Gasteiger partial charge in [-0.1, -0.05) is 25.5 Å². The minimum atomic E-state index is 0.0818. The standard InChI is InChI=1S/C23H34N4O/c1-4-5-6-20-7-9-22(10-8-20)24-23(28)17-26-13-11-21(12-14-26)16-27-19(3)15-18(2)25-27/h7-10,15,21H,4-6,11-14,16-17H2,1-3H3,(H,24,28). The first kappa shape index (κ1) is 20.6. The largest absolute Gasteiger partial charge is 0.325 e. The van der Waals surface area contributed by atoms with Crippen LogP contribution in [-0.2, 0) is 17.8 Å². The molecule has 3 rings (SSSR count). The van der Waals surface area contributed by atoms with Crippen LogP contribution in [-0.4, -0.2) is 40.2 Å². The van der Waals surface area contributed by atoms with Crippen LogP contribution in [0.1, 0.15) is 49.6 Å². The van der Waals surface area contributed by atoms with Crippen LogP contribution < -0.4 is 5.32 Å². The zero-order valence-corrected chi connectivity index (χ0v) is 17.6. The monoisotopic (exact) mass is 382 g/mol. The van der Waals surface area contributed by atoms with Crippen molar-refractivity contribution in [2.45, 2.75) is 59.4 Å². The Kier molecular flexibility index (Phi) is 7.26. The Morgan fingerprint density at radius 2 is 1.89 bits per heavy atom. The van der Waals surface area contributed by atoms with E-state index in [9.17, 15) is 4.79 Å². The van der Waals surface area contributed by atoms with E-state index in [-0.39, 0.29) is 5.91 Å². The summed E-state index contributed by atoms with van der Waals surface area (Å²) < 4.78 is 2.13. The van der Waals surface area contributed by atoms with Crippen molar-refractivity contribution in [2.24, 2.45) is 5.92 Å². The summed E-state index contributed by atoms with van der Waals surface area (Å²) in [4.78, 5) is 14.7. The summed E-state index contributed by atoms with van der Waals surface area (Å²) in [5.74, 6) is 0.728. The van der Waals surface area contributed by atoms with Crippen molar-refractivity contribution in [2.75, 3.05) is 25.0 Å². The van der Waals surface area contributed by atoms with Crippen LogP contribution >= 0.6 is 0 Å². The zero-order valence-electron chi connectivity index (χ0n) is 17.6. The number of benzene rings is 1. The molecule has 1 fully saturated rings. The molecule has 0 radical (unpaired) electrons. The zero-order chi connectivity index (χ0) is 19.9. The van der Waals surface area contributed by atoms with E-state index in [0.717, 1.165) is 50.3 Å². The molecule has 1 N–H and O–H groups in total. The Labute approximate surface area is 169 Å². The van der Waals surface area contributed by atoms with Crippen molar-refractivity contribution in [1.29, 1.82) is 0 Å². The number of nitrogens with zero attached hydrogens (tertiary/aromatic N) is 3. The van der Waals surface area contributed by atoms with Gasteiger partial charge < -0.3 is 5.32 Å². The lowest BCUT2D eigenvalue weighted by atomic mass is 9.97. The maximum absolute atomic E-state index is 12.4. The van der Waals surface area contributed by atoms with Gasteiger partial charge in [0.25, 0.3) is 0 Å². The van der Waals surface area contributed by atoms with Crippen molar-refractivity contribution >= 4 is 11.6 Å². The number of piperidine rings is 1. The normalized spacial score (nSPS) is 15.7. The van der Waals surface area contributed by atoms with Gasteiger partial charge in [0.05, 0.1) is 12.2 Å². The molecule has 2 aromatic rings. The summed E-state index contributed by atoms with van der Waals surface area (Å²) >= 11 is 0. The molecule has 0 spiro atoms. The fourth-order valence-electron chi connectivity index (χ4n) is 3.97. The molecule has 1 aromatic heterocycles. The average Bonchev–Trinajstić information content (AvgIpc) is 2.99. The number of unbranched alkanes of at least 4 members (excludes halogenated alkanes) is 1. The fraction of sp³-hybridized carbons (Fsp3) is 0.565. The second-order valence-electron chi connectivity index (χ2n) is 8.18. The number of hydrogen-bond acceptors (Lipinski definition) is 3. The van der Waals surface area contributed by atoms with Crippen molar-refractivity contribution in [3.05, 3.63) is 47.3 Å². The van der Waals surface area contributed by atoms with Crippen LogP contribution in [0.5, 0.6) is 0 Å².